The van der Waals surface area contributed by atoms with Crippen molar-refractivity contribution in [3.05, 3.63) is 65.2 Å². The van der Waals surface area contributed by atoms with Gasteiger partial charge in [0.1, 0.15) is 11.4 Å². The lowest BCUT2D eigenvalue weighted by Gasteiger charge is -2.47. The molecular weight excluding hydrogens is 400 g/mol. The predicted molar refractivity (Wildman–Crippen MR) is 124 cm³/mol. The Kier molecular flexibility index (Phi) is 5.66. The summed E-state index contributed by atoms with van der Waals surface area (Å²) >= 11 is 0. The lowest BCUT2D eigenvalue weighted by Crippen LogP contribution is -2.52. The molecule has 1 atom stereocenters. The second-order valence-corrected chi connectivity index (χ2v) is 9.68. The van der Waals surface area contributed by atoms with E-state index in [0.717, 1.165) is 67.6 Å². The fraction of sp³-hybridized carbons (Fsp3) is 0.481. The van der Waals surface area contributed by atoms with Crippen molar-refractivity contribution in [2.75, 3.05) is 26.2 Å². The Morgan fingerprint density at radius 2 is 1.72 bits per heavy atom. The Hall–Kier alpha value is -2.82. The fourth-order valence-corrected chi connectivity index (χ4v) is 5.62. The number of carbonyl (C=O) groups is 2. The maximum absolute atomic E-state index is 13.0. The maximum atomic E-state index is 13.0. The summed E-state index contributed by atoms with van der Waals surface area (Å²) in [4.78, 5) is 29.9. The highest BCUT2D eigenvalue weighted by molar-refractivity contribution is 5.94. The Morgan fingerprint density at radius 1 is 0.969 bits per heavy atom. The van der Waals surface area contributed by atoms with Gasteiger partial charge >= 0.3 is 0 Å². The zero-order valence-corrected chi connectivity index (χ0v) is 18.9. The third-order valence-electron chi connectivity index (χ3n) is 7.41. The van der Waals surface area contributed by atoms with Gasteiger partial charge in [-0.25, -0.2) is 0 Å². The number of ether oxygens (including phenoxy) is 1. The van der Waals surface area contributed by atoms with Gasteiger partial charge in [0.15, 0.2) is 0 Å². The van der Waals surface area contributed by atoms with Crippen molar-refractivity contribution in [1.82, 2.24) is 9.80 Å². The minimum atomic E-state index is -0.298. The summed E-state index contributed by atoms with van der Waals surface area (Å²) in [5, 5.41) is 0. The average molecular weight is 433 g/mol. The van der Waals surface area contributed by atoms with Gasteiger partial charge in [-0.15, -0.1) is 0 Å². The molecule has 3 aliphatic heterocycles. The van der Waals surface area contributed by atoms with Crippen LogP contribution in [0.5, 0.6) is 5.75 Å². The van der Waals surface area contributed by atoms with Crippen molar-refractivity contribution in [3.8, 4) is 5.75 Å². The van der Waals surface area contributed by atoms with Crippen molar-refractivity contribution < 1.29 is 14.3 Å². The third kappa shape index (κ3) is 4.13. The quantitative estimate of drug-likeness (QED) is 0.715. The average Bonchev–Trinajstić information content (AvgIpc) is 3.34. The Morgan fingerprint density at radius 3 is 2.47 bits per heavy atom. The number of hydrogen-bond donors (Lipinski definition) is 0. The van der Waals surface area contributed by atoms with Gasteiger partial charge < -0.3 is 14.5 Å². The lowest BCUT2D eigenvalue weighted by atomic mass is 9.76. The highest BCUT2D eigenvalue weighted by Crippen LogP contribution is 2.46. The molecule has 3 aliphatic rings. The number of benzene rings is 2. The van der Waals surface area contributed by atoms with Crippen LogP contribution in [0.4, 0.5) is 0 Å². The van der Waals surface area contributed by atoms with Gasteiger partial charge in [0.2, 0.25) is 5.91 Å². The van der Waals surface area contributed by atoms with Crippen LogP contribution >= 0.6 is 0 Å². The number of likely N-dealkylation sites (tertiary alicyclic amines) is 2. The first-order chi connectivity index (χ1) is 15.5. The molecule has 0 aliphatic carbocycles. The minimum absolute atomic E-state index is 0.0977. The molecular formula is C27H32N2O3. The highest BCUT2D eigenvalue weighted by atomic mass is 16.5. The first-order valence-corrected chi connectivity index (χ1v) is 11.9. The molecule has 5 rings (SSSR count). The van der Waals surface area contributed by atoms with Gasteiger partial charge in [0.25, 0.3) is 5.91 Å². The number of fused-ring (bicyclic) bond motifs is 1. The minimum Gasteiger partial charge on any atom is -0.487 e. The van der Waals surface area contributed by atoms with Gasteiger partial charge in [-0.2, -0.15) is 0 Å². The van der Waals surface area contributed by atoms with Crippen molar-refractivity contribution in [2.24, 2.45) is 0 Å². The zero-order chi connectivity index (χ0) is 22.1. The normalized spacial score (nSPS) is 21.8. The predicted octanol–water partition coefficient (Wildman–Crippen LogP) is 4.55. The van der Waals surface area contributed by atoms with Crippen molar-refractivity contribution in [2.45, 2.75) is 57.0 Å². The molecule has 0 N–H and O–H groups in total. The van der Waals surface area contributed by atoms with Crippen molar-refractivity contribution in [1.29, 1.82) is 0 Å². The summed E-state index contributed by atoms with van der Waals surface area (Å²) in [6.45, 7) is 5.16. The molecule has 5 nitrogen and oxygen atoms in total. The van der Waals surface area contributed by atoms with E-state index in [-0.39, 0.29) is 23.3 Å². The molecule has 2 aromatic rings. The van der Waals surface area contributed by atoms with E-state index in [1.807, 2.05) is 59.2 Å². The molecule has 2 aromatic carbocycles. The molecule has 3 heterocycles. The van der Waals surface area contributed by atoms with E-state index in [2.05, 4.69) is 6.07 Å². The number of aryl methyl sites for hydroxylation is 1. The smallest absolute Gasteiger partial charge is 0.253 e. The molecule has 2 saturated heterocycles. The van der Waals surface area contributed by atoms with Gasteiger partial charge in [-0.1, -0.05) is 35.9 Å². The van der Waals surface area contributed by atoms with Crippen LogP contribution < -0.4 is 4.74 Å². The lowest BCUT2D eigenvalue weighted by molar-refractivity contribution is -0.131. The summed E-state index contributed by atoms with van der Waals surface area (Å²) in [6.07, 6.45) is 5.22. The van der Waals surface area contributed by atoms with Crippen LogP contribution in [0.15, 0.2) is 48.5 Å². The molecule has 0 saturated carbocycles. The van der Waals surface area contributed by atoms with Gasteiger partial charge in [0, 0.05) is 56.9 Å². The van der Waals surface area contributed by atoms with E-state index in [0.29, 0.717) is 19.5 Å². The molecule has 32 heavy (non-hydrogen) atoms. The van der Waals surface area contributed by atoms with Crippen molar-refractivity contribution in [3.63, 3.8) is 0 Å². The molecule has 5 heteroatoms. The SMILES string of the molecule is Cc1cccc(C(=O)N2CCC3(CC2)C[C@H](CC(=O)N2CCCC2)c2ccccc2O3)c1. The summed E-state index contributed by atoms with van der Waals surface area (Å²) in [5.74, 6) is 1.45. The second-order valence-electron chi connectivity index (χ2n) is 9.68. The van der Waals surface area contributed by atoms with Crippen LogP contribution in [0.3, 0.4) is 0 Å². The Labute approximate surface area is 190 Å². The number of carbonyl (C=O) groups excluding carboxylic acids is 2. The molecule has 0 unspecified atom stereocenters. The number of nitrogens with zero attached hydrogens (tertiary/aromatic N) is 2. The first kappa shape index (κ1) is 21.0. The number of hydrogen-bond acceptors (Lipinski definition) is 3. The van der Waals surface area contributed by atoms with E-state index >= 15 is 0 Å². The summed E-state index contributed by atoms with van der Waals surface area (Å²) in [5.41, 5.74) is 2.71. The largest absolute Gasteiger partial charge is 0.487 e. The van der Waals surface area contributed by atoms with E-state index in [1.165, 1.54) is 0 Å². The van der Waals surface area contributed by atoms with Crippen molar-refractivity contribution >= 4 is 11.8 Å². The number of para-hydroxylation sites is 1. The maximum Gasteiger partial charge on any atom is 0.253 e. The Balaban J connectivity index is 1.31. The van der Waals surface area contributed by atoms with E-state index in [4.69, 9.17) is 4.74 Å². The molecule has 168 valence electrons. The van der Waals surface area contributed by atoms with Crippen LogP contribution in [-0.2, 0) is 4.79 Å². The Bertz CT molecular complexity index is 1000. The highest BCUT2D eigenvalue weighted by Gasteiger charge is 2.44. The van der Waals surface area contributed by atoms with Crippen LogP contribution in [-0.4, -0.2) is 53.4 Å². The first-order valence-electron chi connectivity index (χ1n) is 11.9. The van der Waals surface area contributed by atoms with Crippen LogP contribution in [0.25, 0.3) is 0 Å². The van der Waals surface area contributed by atoms with E-state index in [1.54, 1.807) is 0 Å². The van der Waals surface area contributed by atoms with Crippen LogP contribution in [0.1, 0.15) is 65.9 Å². The van der Waals surface area contributed by atoms with Gasteiger partial charge in [-0.05, 0) is 49.9 Å². The third-order valence-corrected chi connectivity index (χ3v) is 7.41. The molecule has 0 aromatic heterocycles. The fourth-order valence-electron chi connectivity index (χ4n) is 5.62. The number of amides is 2. The monoisotopic (exact) mass is 432 g/mol. The topological polar surface area (TPSA) is 49.9 Å². The number of piperidine rings is 1. The standard InChI is InChI=1S/C27H32N2O3/c1-20-7-6-8-21(17-20)26(31)29-15-11-27(12-16-29)19-22(18-25(30)28-13-4-5-14-28)23-9-2-3-10-24(23)32-27/h2-3,6-10,17,22H,4-5,11-16,18-19H2,1H3/t22-/m0/s1. The number of rotatable bonds is 3. The van der Waals surface area contributed by atoms with Crippen LogP contribution in [0.2, 0.25) is 0 Å². The second kappa shape index (κ2) is 8.61. The van der Waals surface area contributed by atoms with Crippen LogP contribution in [0, 0.1) is 6.92 Å². The molecule has 2 fully saturated rings. The summed E-state index contributed by atoms with van der Waals surface area (Å²) in [7, 11) is 0. The van der Waals surface area contributed by atoms with E-state index < -0.39 is 0 Å². The zero-order valence-electron chi connectivity index (χ0n) is 18.9. The molecule has 1 spiro atoms. The van der Waals surface area contributed by atoms with Gasteiger partial charge in [0.05, 0.1) is 0 Å². The summed E-state index contributed by atoms with van der Waals surface area (Å²) in [6, 6.07) is 16.0. The molecule has 0 bridgehead atoms. The summed E-state index contributed by atoms with van der Waals surface area (Å²) < 4.78 is 6.59. The van der Waals surface area contributed by atoms with E-state index in [9.17, 15) is 9.59 Å². The molecule has 0 radical (unpaired) electrons. The molecule has 2 amide bonds. The van der Waals surface area contributed by atoms with Gasteiger partial charge in [-0.3, -0.25) is 9.59 Å².